The van der Waals surface area contributed by atoms with E-state index in [1.807, 2.05) is 19.2 Å². The minimum atomic E-state index is 0. The monoisotopic (exact) mass is 488 g/mol. The molecule has 0 saturated carbocycles. The Kier molecular flexibility index (Phi) is 11.1. The van der Waals surface area contributed by atoms with Gasteiger partial charge in [-0.3, -0.25) is 4.99 Å². The molecule has 1 aromatic carbocycles. The molecule has 0 atom stereocenters. The Morgan fingerprint density at radius 3 is 2.30 bits per heavy atom. The van der Waals surface area contributed by atoms with Crippen LogP contribution in [0.2, 0.25) is 0 Å². The van der Waals surface area contributed by atoms with Crippen molar-refractivity contribution in [2.45, 2.75) is 58.5 Å². The summed E-state index contributed by atoms with van der Waals surface area (Å²) in [7, 11) is 1.82. The predicted octanol–water partition coefficient (Wildman–Crippen LogP) is 3.84. The Morgan fingerprint density at radius 1 is 1.15 bits per heavy atom. The first-order chi connectivity index (χ1) is 12.5. The molecule has 0 radical (unpaired) electrons. The van der Waals surface area contributed by atoms with Gasteiger partial charge in [0.1, 0.15) is 12.4 Å². The third kappa shape index (κ3) is 8.25. The number of guanidine groups is 1. The van der Waals surface area contributed by atoms with Crippen LogP contribution >= 0.6 is 24.0 Å². The summed E-state index contributed by atoms with van der Waals surface area (Å²) < 4.78 is 5.81. The topological polar surface area (TPSA) is 48.9 Å². The Hall–Kier alpha value is -1.02. The summed E-state index contributed by atoms with van der Waals surface area (Å²) in [6.07, 6.45) is 2.33. The molecule has 6 heteroatoms. The Bertz CT molecular complexity index is 552. The van der Waals surface area contributed by atoms with Crippen molar-refractivity contribution in [1.29, 1.82) is 0 Å². The largest absolute Gasteiger partial charge is 0.492 e. The van der Waals surface area contributed by atoms with E-state index in [0.29, 0.717) is 24.6 Å². The zero-order valence-corrected chi connectivity index (χ0v) is 19.8. The van der Waals surface area contributed by atoms with Crippen molar-refractivity contribution in [1.82, 2.24) is 15.5 Å². The van der Waals surface area contributed by atoms with Crippen LogP contribution in [-0.4, -0.2) is 56.2 Å². The SMILES string of the molecule is CN=C(NCCOc1ccc(C(C)C)cc1)NC1CCN(C(C)C)CC1.I. The van der Waals surface area contributed by atoms with Crippen LogP contribution in [-0.2, 0) is 0 Å². The van der Waals surface area contributed by atoms with Crippen LogP contribution in [0.3, 0.4) is 0 Å². The highest BCUT2D eigenvalue weighted by Gasteiger charge is 2.21. The van der Waals surface area contributed by atoms with Gasteiger partial charge in [-0.2, -0.15) is 0 Å². The fourth-order valence-electron chi connectivity index (χ4n) is 3.24. The van der Waals surface area contributed by atoms with Gasteiger partial charge in [-0.05, 0) is 50.3 Å². The molecule has 0 aliphatic carbocycles. The van der Waals surface area contributed by atoms with Crippen molar-refractivity contribution in [2.24, 2.45) is 4.99 Å². The standard InChI is InChI=1S/C21H36N4O.HI/c1-16(2)18-6-8-20(9-7-18)26-15-12-23-21(22-5)24-19-10-13-25(14-11-19)17(3)4;/h6-9,16-17,19H,10-15H2,1-5H3,(H2,22,23,24);1H. The molecule has 1 saturated heterocycles. The first kappa shape index (κ1) is 24.0. The average molecular weight is 488 g/mol. The van der Waals surface area contributed by atoms with Gasteiger partial charge in [0.15, 0.2) is 5.96 Å². The number of halogens is 1. The van der Waals surface area contributed by atoms with Crippen LogP contribution in [0.25, 0.3) is 0 Å². The fraction of sp³-hybridized carbons (Fsp3) is 0.667. The number of aliphatic imine (C=N–C) groups is 1. The van der Waals surface area contributed by atoms with Crippen LogP contribution < -0.4 is 15.4 Å². The second-order valence-electron chi connectivity index (χ2n) is 7.62. The molecule has 1 aliphatic heterocycles. The van der Waals surface area contributed by atoms with Gasteiger partial charge in [0.05, 0.1) is 6.54 Å². The first-order valence-corrected chi connectivity index (χ1v) is 9.93. The second-order valence-corrected chi connectivity index (χ2v) is 7.62. The minimum absolute atomic E-state index is 0. The first-order valence-electron chi connectivity index (χ1n) is 9.93. The number of nitrogens with zero attached hydrogens (tertiary/aromatic N) is 2. The number of piperidine rings is 1. The molecular weight excluding hydrogens is 451 g/mol. The second kappa shape index (κ2) is 12.4. The van der Waals surface area contributed by atoms with Crippen molar-refractivity contribution in [2.75, 3.05) is 33.3 Å². The van der Waals surface area contributed by atoms with Crippen LogP contribution in [0.4, 0.5) is 0 Å². The van der Waals surface area contributed by atoms with Gasteiger partial charge >= 0.3 is 0 Å². The van der Waals surface area contributed by atoms with E-state index < -0.39 is 0 Å². The van der Waals surface area contributed by atoms with E-state index in [2.05, 4.69) is 60.4 Å². The molecule has 0 aromatic heterocycles. The highest BCUT2D eigenvalue weighted by molar-refractivity contribution is 14.0. The summed E-state index contributed by atoms with van der Waals surface area (Å²) >= 11 is 0. The van der Waals surface area contributed by atoms with E-state index in [1.165, 1.54) is 5.56 Å². The van der Waals surface area contributed by atoms with Crippen molar-refractivity contribution < 1.29 is 4.74 Å². The maximum Gasteiger partial charge on any atom is 0.191 e. The number of hydrogen-bond acceptors (Lipinski definition) is 3. The van der Waals surface area contributed by atoms with Gasteiger partial charge in [0.25, 0.3) is 0 Å². The average Bonchev–Trinajstić information content (AvgIpc) is 2.65. The summed E-state index contributed by atoms with van der Waals surface area (Å²) in [5, 5.41) is 6.89. The number of rotatable bonds is 7. The van der Waals surface area contributed by atoms with Crippen molar-refractivity contribution >= 4 is 29.9 Å². The molecule has 2 rings (SSSR count). The van der Waals surface area contributed by atoms with Crippen LogP contribution in [0.15, 0.2) is 29.3 Å². The van der Waals surface area contributed by atoms with E-state index in [0.717, 1.165) is 44.2 Å². The minimum Gasteiger partial charge on any atom is -0.492 e. The summed E-state index contributed by atoms with van der Waals surface area (Å²) in [5.41, 5.74) is 1.34. The molecule has 0 bridgehead atoms. The third-order valence-corrected chi connectivity index (χ3v) is 5.03. The van der Waals surface area contributed by atoms with Gasteiger partial charge in [0.2, 0.25) is 0 Å². The number of nitrogens with one attached hydrogen (secondary N) is 2. The van der Waals surface area contributed by atoms with E-state index in [4.69, 9.17) is 4.74 Å². The predicted molar refractivity (Wildman–Crippen MR) is 126 cm³/mol. The molecule has 2 N–H and O–H groups in total. The normalized spacial score (nSPS) is 16.3. The van der Waals surface area contributed by atoms with Gasteiger partial charge < -0.3 is 20.3 Å². The molecule has 0 spiro atoms. The summed E-state index contributed by atoms with van der Waals surface area (Å²) in [6, 6.07) is 9.51. The molecular formula is C21H37IN4O. The maximum absolute atomic E-state index is 5.81. The molecule has 1 aliphatic rings. The Labute approximate surface area is 182 Å². The molecule has 27 heavy (non-hydrogen) atoms. The van der Waals surface area contributed by atoms with E-state index in [1.54, 1.807) is 0 Å². The van der Waals surface area contributed by atoms with Crippen molar-refractivity contribution in [3.8, 4) is 5.75 Å². The lowest BCUT2D eigenvalue weighted by atomic mass is 10.0. The highest BCUT2D eigenvalue weighted by Crippen LogP contribution is 2.18. The Balaban J connectivity index is 0.00000364. The quantitative estimate of drug-likeness (QED) is 0.265. The molecule has 1 fully saturated rings. The lowest BCUT2D eigenvalue weighted by molar-refractivity contribution is 0.167. The van der Waals surface area contributed by atoms with Crippen LogP contribution in [0, 0.1) is 0 Å². The summed E-state index contributed by atoms with van der Waals surface area (Å²) in [4.78, 5) is 6.87. The van der Waals surface area contributed by atoms with E-state index >= 15 is 0 Å². The van der Waals surface area contributed by atoms with Crippen LogP contribution in [0.1, 0.15) is 52.0 Å². The van der Waals surface area contributed by atoms with Crippen molar-refractivity contribution in [3.05, 3.63) is 29.8 Å². The maximum atomic E-state index is 5.81. The molecule has 5 nitrogen and oxygen atoms in total. The third-order valence-electron chi connectivity index (χ3n) is 5.03. The van der Waals surface area contributed by atoms with Gasteiger partial charge in [-0.15, -0.1) is 24.0 Å². The molecule has 154 valence electrons. The van der Waals surface area contributed by atoms with Crippen LogP contribution in [0.5, 0.6) is 5.75 Å². The van der Waals surface area contributed by atoms with Gasteiger partial charge in [-0.25, -0.2) is 0 Å². The molecule has 0 amide bonds. The molecule has 1 heterocycles. The number of ether oxygens (including phenoxy) is 1. The highest BCUT2D eigenvalue weighted by atomic mass is 127. The number of benzene rings is 1. The summed E-state index contributed by atoms with van der Waals surface area (Å²) in [6.45, 7) is 12.6. The van der Waals surface area contributed by atoms with Crippen molar-refractivity contribution in [3.63, 3.8) is 0 Å². The smallest absolute Gasteiger partial charge is 0.191 e. The number of likely N-dealkylation sites (tertiary alicyclic amines) is 1. The lowest BCUT2D eigenvalue weighted by Gasteiger charge is -2.35. The van der Waals surface area contributed by atoms with E-state index in [9.17, 15) is 0 Å². The fourth-order valence-corrected chi connectivity index (χ4v) is 3.24. The van der Waals surface area contributed by atoms with E-state index in [-0.39, 0.29) is 24.0 Å². The number of hydrogen-bond donors (Lipinski definition) is 2. The molecule has 0 unspecified atom stereocenters. The zero-order valence-electron chi connectivity index (χ0n) is 17.5. The van der Waals surface area contributed by atoms with Gasteiger partial charge in [0, 0.05) is 32.2 Å². The van der Waals surface area contributed by atoms with Gasteiger partial charge in [-0.1, -0.05) is 26.0 Å². The zero-order chi connectivity index (χ0) is 18.9. The Morgan fingerprint density at radius 2 is 1.78 bits per heavy atom. The molecule has 1 aromatic rings. The lowest BCUT2D eigenvalue weighted by Crippen LogP contribution is -2.50. The summed E-state index contributed by atoms with van der Waals surface area (Å²) in [5.74, 6) is 2.33.